The summed E-state index contributed by atoms with van der Waals surface area (Å²) >= 11 is 0. The summed E-state index contributed by atoms with van der Waals surface area (Å²) in [6, 6.07) is 9.70. The third-order valence-corrected chi connectivity index (χ3v) is 5.49. The summed E-state index contributed by atoms with van der Waals surface area (Å²) in [7, 11) is -3.09. The van der Waals surface area contributed by atoms with Crippen LogP contribution >= 0.6 is 24.0 Å². The van der Waals surface area contributed by atoms with Gasteiger partial charge in [-0.25, -0.2) is 8.42 Å². The Morgan fingerprint density at radius 1 is 1.20 bits per heavy atom. The number of sulfone groups is 1. The van der Waals surface area contributed by atoms with E-state index in [4.69, 9.17) is 0 Å². The fourth-order valence-electron chi connectivity index (χ4n) is 2.62. The quantitative estimate of drug-likeness (QED) is 0.199. The highest BCUT2D eigenvalue weighted by molar-refractivity contribution is 14.0. The monoisotopic (exact) mass is 477 g/mol. The topological polar surface area (TPSA) is 70.6 Å². The summed E-state index contributed by atoms with van der Waals surface area (Å²) in [4.78, 5) is 4.49. The van der Waals surface area contributed by atoms with Crippen LogP contribution in [0.5, 0.6) is 0 Å². The number of rotatable bonds is 8. The van der Waals surface area contributed by atoms with Crippen LogP contribution in [0.3, 0.4) is 0 Å². The van der Waals surface area contributed by atoms with Crippen LogP contribution in [-0.2, 0) is 15.6 Å². The Labute approximate surface area is 168 Å². The molecule has 1 aromatic carbocycles. The summed E-state index contributed by atoms with van der Waals surface area (Å²) in [6.07, 6.45) is 6.88. The molecule has 0 spiro atoms. The number of hydrogen-bond donors (Lipinski definition) is 2. The Morgan fingerprint density at radius 3 is 2.52 bits per heavy atom. The molecule has 0 aliphatic heterocycles. The Bertz CT molecular complexity index is 652. The smallest absolute Gasteiger partial charge is 0.191 e. The van der Waals surface area contributed by atoms with Crippen molar-refractivity contribution in [2.45, 2.75) is 38.0 Å². The third-order valence-electron chi connectivity index (χ3n) is 3.81. The molecule has 1 aliphatic rings. The van der Waals surface area contributed by atoms with E-state index in [1.165, 1.54) is 0 Å². The fourth-order valence-corrected chi connectivity index (χ4v) is 4.04. The van der Waals surface area contributed by atoms with Gasteiger partial charge in [0.05, 0.1) is 11.5 Å². The lowest BCUT2D eigenvalue weighted by atomic mass is 10.2. The van der Waals surface area contributed by atoms with Gasteiger partial charge in [-0.05, 0) is 31.7 Å². The molecule has 0 unspecified atom stereocenters. The molecule has 0 amide bonds. The van der Waals surface area contributed by atoms with Gasteiger partial charge in [-0.15, -0.1) is 24.0 Å². The van der Waals surface area contributed by atoms with Crippen molar-refractivity contribution in [2.75, 3.05) is 18.8 Å². The fraction of sp³-hybridized carbons (Fsp3) is 0.500. The van der Waals surface area contributed by atoms with Gasteiger partial charge in [0.15, 0.2) is 15.8 Å². The normalized spacial score (nSPS) is 15.0. The van der Waals surface area contributed by atoms with Gasteiger partial charge in [0.2, 0.25) is 0 Å². The van der Waals surface area contributed by atoms with Crippen molar-refractivity contribution < 1.29 is 8.42 Å². The van der Waals surface area contributed by atoms with E-state index in [1.54, 1.807) is 0 Å². The molecule has 0 atom stereocenters. The lowest BCUT2D eigenvalue weighted by Gasteiger charge is -2.16. The molecule has 5 nitrogen and oxygen atoms in total. The van der Waals surface area contributed by atoms with E-state index in [0.29, 0.717) is 19.0 Å². The molecule has 0 bridgehead atoms. The molecule has 2 rings (SSSR count). The average Bonchev–Trinajstić information content (AvgIpc) is 3.05. The molecule has 7 heteroatoms. The molecule has 0 saturated carbocycles. The first-order valence-electron chi connectivity index (χ1n) is 8.53. The van der Waals surface area contributed by atoms with Crippen molar-refractivity contribution in [1.29, 1.82) is 0 Å². The predicted molar refractivity (Wildman–Crippen MR) is 115 cm³/mol. The first-order chi connectivity index (χ1) is 11.6. The van der Waals surface area contributed by atoms with Crippen molar-refractivity contribution in [3.63, 3.8) is 0 Å². The Morgan fingerprint density at radius 2 is 1.88 bits per heavy atom. The Balaban J connectivity index is 0.00000312. The second-order valence-corrected chi connectivity index (χ2v) is 8.16. The van der Waals surface area contributed by atoms with Crippen molar-refractivity contribution >= 4 is 39.8 Å². The van der Waals surface area contributed by atoms with Gasteiger partial charge in [-0.3, -0.25) is 4.99 Å². The van der Waals surface area contributed by atoms with Crippen LogP contribution in [-0.4, -0.2) is 39.3 Å². The number of guanidine groups is 1. The summed E-state index contributed by atoms with van der Waals surface area (Å²) in [5.74, 6) is 1.03. The standard InChI is InChI=1S/C18H27N3O2S.HI/c1-2-19-18(21-17-11-6-7-12-17)20-13-8-14-24(22,23)15-16-9-4-3-5-10-16;/h3-7,9-10,17H,2,8,11-15H2,1H3,(H2,19,20,21);1H. The van der Waals surface area contributed by atoms with Gasteiger partial charge in [0, 0.05) is 19.1 Å². The highest BCUT2D eigenvalue weighted by atomic mass is 127. The summed E-state index contributed by atoms with van der Waals surface area (Å²) in [6.45, 7) is 3.32. The van der Waals surface area contributed by atoms with Crippen molar-refractivity contribution in [3.05, 3.63) is 48.0 Å². The SMILES string of the molecule is CCNC(=NCCCS(=O)(=O)Cc1ccccc1)NC1CC=CC1.I. The largest absolute Gasteiger partial charge is 0.357 e. The van der Waals surface area contributed by atoms with Gasteiger partial charge >= 0.3 is 0 Å². The van der Waals surface area contributed by atoms with E-state index < -0.39 is 9.84 Å². The van der Waals surface area contributed by atoms with Crippen LogP contribution in [0, 0.1) is 0 Å². The van der Waals surface area contributed by atoms with Crippen LogP contribution in [0.1, 0.15) is 31.7 Å². The number of nitrogens with one attached hydrogen (secondary N) is 2. The van der Waals surface area contributed by atoms with E-state index in [1.807, 2.05) is 37.3 Å². The molecule has 0 fully saturated rings. The van der Waals surface area contributed by atoms with Crippen LogP contribution in [0.2, 0.25) is 0 Å². The number of hydrogen-bond acceptors (Lipinski definition) is 3. The van der Waals surface area contributed by atoms with E-state index in [2.05, 4.69) is 27.8 Å². The van der Waals surface area contributed by atoms with E-state index >= 15 is 0 Å². The maximum Gasteiger partial charge on any atom is 0.191 e. The van der Waals surface area contributed by atoms with Crippen LogP contribution in [0.4, 0.5) is 0 Å². The zero-order valence-electron chi connectivity index (χ0n) is 14.6. The van der Waals surface area contributed by atoms with Gasteiger partial charge < -0.3 is 10.6 Å². The number of benzene rings is 1. The van der Waals surface area contributed by atoms with Crippen LogP contribution < -0.4 is 10.6 Å². The minimum Gasteiger partial charge on any atom is -0.357 e. The van der Waals surface area contributed by atoms with E-state index in [-0.39, 0.29) is 35.5 Å². The molecular weight excluding hydrogens is 449 g/mol. The van der Waals surface area contributed by atoms with E-state index in [9.17, 15) is 8.42 Å². The number of nitrogens with zero attached hydrogens (tertiary/aromatic N) is 1. The average molecular weight is 477 g/mol. The molecule has 2 N–H and O–H groups in total. The lowest BCUT2D eigenvalue weighted by Crippen LogP contribution is -2.42. The predicted octanol–water partition coefficient (Wildman–Crippen LogP) is 2.88. The zero-order valence-corrected chi connectivity index (χ0v) is 17.8. The first-order valence-corrected chi connectivity index (χ1v) is 10.4. The minimum atomic E-state index is -3.09. The van der Waals surface area contributed by atoms with Crippen LogP contribution in [0.25, 0.3) is 0 Å². The molecular formula is C18H28IN3O2S. The summed E-state index contributed by atoms with van der Waals surface area (Å²) in [5, 5.41) is 6.59. The van der Waals surface area contributed by atoms with Crippen molar-refractivity contribution in [1.82, 2.24) is 10.6 Å². The number of aliphatic imine (C=N–C) groups is 1. The molecule has 0 aromatic heterocycles. The molecule has 140 valence electrons. The Kier molecular flexibility index (Phi) is 10.1. The lowest BCUT2D eigenvalue weighted by molar-refractivity contribution is 0.592. The van der Waals surface area contributed by atoms with Gasteiger partial charge in [0.1, 0.15) is 0 Å². The number of halogens is 1. The summed E-state index contributed by atoms with van der Waals surface area (Å²) in [5.41, 5.74) is 0.838. The van der Waals surface area contributed by atoms with Crippen molar-refractivity contribution in [3.8, 4) is 0 Å². The highest BCUT2D eigenvalue weighted by Gasteiger charge is 2.13. The van der Waals surface area contributed by atoms with Gasteiger partial charge in [-0.1, -0.05) is 42.5 Å². The first kappa shape index (κ1) is 22.0. The maximum atomic E-state index is 12.2. The van der Waals surface area contributed by atoms with Crippen molar-refractivity contribution in [2.24, 2.45) is 4.99 Å². The maximum absolute atomic E-state index is 12.2. The van der Waals surface area contributed by atoms with Crippen LogP contribution in [0.15, 0.2) is 47.5 Å². The molecule has 1 aliphatic carbocycles. The second-order valence-electron chi connectivity index (χ2n) is 5.98. The minimum absolute atomic E-state index is 0. The Hall–Kier alpha value is -1.09. The van der Waals surface area contributed by atoms with Gasteiger partial charge in [0.25, 0.3) is 0 Å². The highest BCUT2D eigenvalue weighted by Crippen LogP contribution is 2.09. The summed E-state index contributed by atoms with van der Waals surface area (Å²) < 4.78 is 24.3. The molecule has 1 aromatic rings. The van der Waals surface area contributed by atoms with Gasteiger partial charge in [-0.2, -0.15) is 0 Å². The molecule has 0 saturated heterocycles. The molecule has 0 heterocycles. The third kappa shape index (κ3) is 8.71. The molecule has 0 radical (unpaired) electrons. The zero-order chi connectivity index (χ0) is 17.3. The second kappa shape index (κ2) is 11.5. The molecule has 25 heavy (non-hydrogen) atoms. The van der Waals surface area contributed by atoms with E-state index in [0.717, 1.165) is 30.9 Å².